The lowest BCUT2D eigenvalue weighted by atomic mass is 10.2. The minimum atomic E-state index is -3.96. The van der Waals surface area contributed by atoms with E-state index < -0.39 is 9.84 Å². The summed E-state index contributed by atoms with van der Waals surface area (Å²) in [6.07, 6.45) is 1.31. The van der Waals surface area contributed by atoms with Crippen LogP contribution in [0.1, 0.15) is 23.6 Å². The summed E-state index contributed by atoms with van der Waals surface area (Å²) in [6.45, 7) is 4.16. The Morgan fingerprint density at radius 2 is 1.67 bits per heavy atom. The predicted octanol–water partition coefficient (Wildman–Crippen LogP) is 6.62. The first kappa shape index (κ1) is 24.7. The number of aryl methyl sites for hydroxylation is 1. The zero-order valence-electron chi connectivity index (χ0n) is 18.0. The molecular weight excluding hydrogens is 481 g/mol. The van der Waals surface area contributed by atoms with Crippen LogP contribution in [0.4, 0.5) is 0 Å². The third kappa shape index (κ3) is 5.88. The van der Waals surface area contributed by atoms with E-state index >= 15 is 0 Å². The van der Waals surface area contributed by atoms with Crippen LogP contribution in [-0.4, -0.2) is 15.0 Å². The van der Waals surface area contributed by atoms with Crippen LogP contribution in [0.5, 0.6) is 11.5 Å². The average molecular weight is 502 g/mol. The number of rotatable bonds is 8. The summed E-state index contributed by atoms with van der Waals surface area (Å²) in [7, 11) is -3.96. The number of halogens is 2. The van der Waals surface area contributed by atoms with Crippen LogP contribution < -0.4 is 9.47 Å². The van der Waals surface area contributed by atoms with Crippen molar-refractivity contribution in [2.75, 3.05) is 6.61 Å². The monoisotopic (exact) mass is 501 g/mol. The molecule has 5 nitrogen and oxygen atoms in total. The van der Waals surface area contributed by atoms with Gasteiger partial charge in [0, 0.05) is 15.6 Å². The maximum absolute atomic E-state index is 12.9. The zero-order chi connectivity index (χ0) is 24.0. The molecule has 3 aromatic rings. The molecule has 3 aromatic carbocycles. The lowest BCUT2D eigenvalue weighted by molar-refractivity contribution is 0.269. The summed E-state index contributed by atoms with van der Waals surface area (Å²) in [6, 6.07) is 18.3. The van der Waals surface area contributed by atoms with E-state index in [4.69, 9.17) is 32.7 Å². The number of nitrogens with zero attached hydrogens (tertiary/aromatic N) is 1. The summed E-state index contributed by atoms with van der Waals surface area (Å²) >= 11 is 12.4. The number of hydrogen-bond acceptors (Lipinski definition) is 5. The molecule has 0 aliphatic carbocycles. The van der Waals surface area contributed by atoms with Crippen molar-refractivity contribution in [1.82, 2.24) is 0 Å². The fraction of sp³-hybridized carbons (Fsp3) is 0.160. The Hall–Kier alpha value is -2.98. The normalized spacial score (nSPS) is 11.7. The zero-order valence-corrected chi connectivity index (χ0v) is 20.3. The lowest BCUT2D eigenvalue weighted by Crippen LogP contribution is -2.04. The molecule has 0 aromatic heterocycles. The highest BCUT2D eigenvalue weighted by Gasteiger charge is 2.21. The molecule has 8 heteroatoms. The van der Waals surface area contributed by atoms with E-state index in [1.165, 1.54) is 18.2 Å². The molecule has 0 saturated carbocycles. The van der Waals surface area contributed by atoms with Crippen LogP contribution in [-0.2, 0) is 16.4 Å². The Morgan fingerprint density at radius 3 is 2.27 bits per heavy atom. The molecule has 0 radical (unpaired) electrons. The Balaban J connectivity index is 1.92. The molecule has 3 rings (SSSR count). The minimum Gasteiger partial charge on any atom is -0.490 e. The van der Waals surface area contributed by atoms with Crippen molar-refractivity contribution < 1.29 is 17.9 Å². The quantitative estimate of drug-likeness (QED) is 0.324. The van der Waals surface area contributed by atoms with Crippen molar-refractivity contribution in [2.45, 2.75) is 25.3 Å². The number of allylic oxidation sites excluding steroid dienone is 1. The highest BCUT2D eigenvalue weighted by atomic mass is 35.5. The van der Waals surface area contributed by atoms with Gasteiger partial charge >= 0.3 is 0 Å². The van der Waals surface area contributed by atoms with Crippen LogP contribution in [0.3, 0.4) is 0 Å². The SMILES string of the molecule is CCOc1cc(C=C(C#N)S(=O)(=O)c2ccc(C)cc2)ccc1OCc1c(Cl)cccc1Cl. The smallest absolute Gasteiger partial charge is 0.216 e. The highest BCUT2D eigenvalue weighted by Crippen LogP contribution is 2.33. The van der Waals surface area contributed by atoms with Crippen molar-refractivity contribution in [3.05, 3.63) is 92.3 Å². The van der Waals surface area contributed by atoms with E-state index in [1.54, 1.807) is 54.6 Å². The topological polar surface area (TPSA) is 76.4 Å². The van der Waals surface area contributed by atoms with Gasteiger partial charge in [0.25, 0.3) is 0 Å². The van der Waals surface area contributed by atoms with Crippen molar-refractivity contribution in [2.24, 2.45) is 0 Å². The van der Waals surface area contributed by atoms with Crippen LogP contribution in [0.25, 0.3) is 6.08 Å². The summed E-state index contributed by atoms with van der Waals surface area (Å²) < 4.78 is 37.4. The van der Waals surface area contributed by atoms with Crippen molar-refractivity contribution in [3.63, 3.8) is 0 Å². The first-order valence-electron chi connectivity index (χ1n) is 10.0. The second-order valence-electron chi connectivity index (χ2n) is 7.06. The Kier molecular flexibility index (Phi) is 8.04. The predicted molar refractivity (Wildman–Crippen MR) is 130 cm³/mol. The van der Waals surface area contributed by atoms with Crippen LogP contribution in [0.2, 0.25) is 10.0 Å². The molecular formula is C25H21Cl2NO4S. The van der Waals surface area contributed by atoms with Crippen molar-refractivity contribution in [1.29, 1.82) is 5.26 Å². The number of benzene rings is 3. The lowest BCUT2D eigenvalue weighted by Gasteiger charge is -2.14. The highest BCUT2D eigenvalue weighted by molar-refractivity contribution is 7.95. The Morgan fingerprint density at radius 1 is 1.00 bits per heavy atom. The van der Waals surface area contributed by atoms with E-state index in [2.05, 4.69) is 0 Å². The number of ether oxygens (including phenoxy) is 2. The molecule has 33 heavy (non-hydrogen) atoms. The minimum absolute atomic E-state index is 0.0579. The summed E-state index contributed by atoms with van der Waals surface area (Å²) in [5.74, 6) is 0.837. The van der Waals surface area contributed by atoms with Gasteiger partial charge in [-0.3, -0.25) is 0 Å². The molecule has 0 unspecified atom stereocenters. The van der Waals surface area contributed by atoms with Gasteiger partial charge in [0.2, 0.25) is 9.84 Å². The number of nitriles is 1. The summed E-state index contributed by atoms with van der Waals surface area (Å²) in [4.78, 5) is -0.312. The molecule has 0 atom stereocenters. The van der Waals surface area contributed by atoms with E-state index in [9.17, 15) is 13.7 Å². The molecule has 0 bridgehead atoms. The molecule has 170 valence electrons. The van der Waals surface area contributed by atoms with Gasteiger partial charge in [0.1, 0.15) is 17.6 Å². The van der Waals surface area contributed by atoms with Gasteiger partial charge in [-0.1, -0.05) is 53.0 Å². The second-order valence-corrected chi connectivity index (χ2v) is 9.80. The Labute approximate surface area is 203 Å². The van der Waals surface area contributed by atoms with Crippen molar-refractivity contribution in [3.8, 4) is 17.6 Å². The molecule has 0 heterocycles. The standard InChI is InChI=1S/C25H21Cl2NO4S/c1-3-31-25-14-18(9-12-24(25)32-16-21-22(26)5-4-6-23(21)27)13-20(15-28)33(29,30)19-10-7-17(2)8-11-19/h4-14H,3,16H2,1-2H3. The number of hydrogen-bond donors (Lipinski definition) is 0. The second kappa shape index (κ2) is 10.8. The Bertz CT molecular complexity index is 1310. The molecule has 0 saturated heterocycles. The maximum atomic E-state index is 12.9. The molecule has 0 aliphatic rings. The van der Waals surface area contributed by atoms with Gasteiger partial charge in [-0.25, -0.2) is 8.42 Å². The maximum Gasteiger partial charge on any atom is 0.216 e. The van der Waals surface area contributed by atoms with E-state index in [-0.39, 0.29) is 16.4 Å². The van der Waals surface area contributed by atoms with E-state index in [0.717, 1.165) is 5.56 Å². The van der Waals surface area contributed by atoms with Crippen molar-refractivity contribution >= 4 is 39.1 Å². The molecule has 0 spiro atoms. The molecule has 0 fully saturated rings. The first-order valence-corrected chi connectivity index (χ1v) is 12.3. The van der Waals surface area contributed by atoms with Gasteiger partial charge in [-0.05, 0) is 61.9 Å². The third-order valence-corrected chi connectivity index (χ3v) is 7.12. The van der Waals surface area contributed by atoms with Crippen LogP contribution in [0.15, 0.2) is 70.5 Å². The average Bonchev–Trinajstić information content (AvgIpc) is 2.78. The molecule has 0 aliphatic heterocycles. The first-order chi connectivity index (χ1) is 15.8. The van der Waals surface area contributed by atoms with Crippen LogP contribution in [0, 0.1) is 18.3 Å². The van der Waals surface area contributed by atoms with Gasteiger partial charge in [-0.15, -0.1) is 0 Å². The van der Waals surface area contributed by atoms with Gasteiger partial charge in [0.05, 0.1) is 11.5 Å². The molecule has 0 N–H and O–H groups in total. The number of sulfone groups is 1. The summed E-state index contributed by atoms with van der Waals surface area (Å²) in [5.41, 5.74) is 2.04. The largest absolute Gasteiger partial charge is 0.490 e. The third-order valence-electron chi connectivity index (χ3n) is 4.73. The van der Waals surface area contributed by atoms with Gasteiger partial charge in [-0.2, -0.15) is 5.26 Å². The fourth-order valence-electron chi connectivity index (χ4n) is 2.99. The molecule has 0 amide bonds. The van der Waals surface area contributed by atoms with E-state index in [0.29, 0.717) is 39.3 Å². The fourth-order valence-corrected chi connectivity index (χ4v) is 4.65. The van der Waals surface area contributed by atoms with Gasteiger partial charge < -0.3 is 9.47 Å². The van der Waals surface area contributed by atoms with Gasteiger partial charge in [0.15, 0.2) is 11.5 Å². The van der Waals surface area contributed by atoms with E-state index in [1.807, 2.05) is 13.8 Å². The van der Waals surface area contributed by atoms with Crippen LogP contribution >= 0.6 is 23.2 Å². The summed E-state index contributed by atoms with van der Waals surface area (Å²) in [5, 5.41) is 10.5.